The van der Waals surface area contributed by atoms with Crippen LogP contribution >= 0.6 is 0 Å². The second-order valence-corrected chi connectivity index (χ2v) is 13.2. The number of allylic oxidation sites excluding steroid dienone is 1. The van der Waals surface area contributed by atoms with E-state index in [1.165, 1.54) is 4.90 Å². The van der Waals surface area contributed by atoms with Crippen LogP contribution in [0.25, 0.3) is 0 Å². The highest BCUT2D eigenvalue weighted by Crippen LogP contribution is 2.45. The lowest BCUT2D eigenvalue weighted by atomic mass is 10.0. The van der Waals surface area contributed by atoms with E-state index in [-0.39, 0.29) is 24.9 Å². The molecule has 0 radical (unpaired) electrons. The van der Waals surface area contributed by atoms with Gasteiger partial charge in [0, 0.05) is 18.9 Å². The van der Waals surface area contributed by atoms with Crippen molar-refractivity contribution in [3.05, 3.63) is 23.5 Å². The summed E-state index contributed by atoms with van der Waals surface area (Å²) in [6.07, 6.45) is 10.7. The zero-order valence-corrected chi connectivity index (χ0v) is 26.2. The molecule has 3 N–H and O–H groups in total. The molecule has 1 aromatic heterocycles. The van der Waals surface area contributed by atoms with Gasteiger partial charge in [-0.15, -0.1) is 0 Å². The number of carboxylic acid groups (broad SMARTS) is 1. The van der Waals surface area contributed by atoms with Gasteiger partial charge in [-0.25, -0.2) is 9.59 Å². The number of nitrogens with one attached hydrogen (secondary N) is 2. The molecule has 1 aromatic rings. The maximum absolute atomic E-state index is 14.2. The van der Waals surface area contributed by atoms with Crippen molar-refractivity contribution in [3.63, 3.8) is 0 Å². The number of rotatable bonds is 7. The zero-order chi connectivity index (χ0) is 31.4. The third-order valence-corrected chi connectivity index (χ3v) is 8.41. The predicted octanol–water partition coefficient (Wildman–Crippen LogP) is 3.70. The minimum Gasteiger partial charge on any atom is -0.479 e. The third-order valence-electron chi connectivity index (χ3n) is 8.41. The Morgan fingerprint density at radius 2 is 1.79 bits per heavy atom. The van der Waals surface area contributed by atoms with Crippen LogP contribution in [0.3, 0.4) is 0 Å². The van der Waals surface area contributed by atoms with Crippen LogP contribution in [-0.2, 0) is 32.0 Å². The Kier molecular flexibility index (Phi) is 10.2. The van der Waals surface area contributed by atoms with E-state index in [0.29, 0.717) is 19.3 Å². The molecule has 2 fully saturated rings. The maximum atomic E-state index is 14.2. The Bertz CT molecular complexity index is 1200. The summed E-state index contributed by atoms with van der Waals surface area (Å²) in [6.45, 7) is 9.59. The van der Waals surface area contributed by atoms with Gasteiger partial charge in [0.15, 0.2) is 0 Å². The number of carbonyl (C=O) groups is 4. The van der Waals surface area contributed by atoms with Crippen LogP contribution in [0.1, 0.15) is 110 Å². The van der Waals surface area contributed by atoms with Crippen LogP contribution in [-0.4, -0.2) is 78.6 Å². The molecule has 1 saturated heterocycles. The largest absolute Gasteiger partial charge is 0.479 e. The van der Waals surface area contributed by atoms with Gasteiger partial charge in [-0.3, -0.25) is 9.59 Å². The number of ether oxygens (including phenoxy) is 1. The minimum absolute atomic E-state index is 0.165. The normalized spacial score (nSPS) is 29.0. The first-order chi connectivity index (χ1) is 20.4. The van der Waals surface area contributed by atoms with E-state index in [4.69, 9.17) is 14.9 Å². The van der Waals surface area contributed by atoms with Crippen molar-refractivity contribution in [2.45, 2.75) is 135 Å². The monoisotopic (exact) mass is 600 g/mol. The maximum Gasteiger partial charge on any atom is 0.408 e. The van der Waals surface area contributed by atoms with Gasteiger partial charge >= 0.3 is 12.1 Å². The van der Waals surface area contributed by atoms with Gasteiger partial charge in [0.25, 0.3) is 0 Å². The number of carboxylic acids is 1. The van der Waals surface area contributed by atoms with Gasteiger partial charge in [-0.1, -0.05) is 51.7 Å². The van der Waals surface area contributed by atoms with Crippen molar-refractivity contribution >= 4 is 23.9 Å². The number of fused-ring (bicyclic) bond motifs is 2. The van der Waals surface area contributed by atoms with Crippen LogP contribution in [0.4, 0.5) is 4.79 Å². The summed E-state index contributed by atoms with van der Waals surface area (Å²) < 4.78 is 5.46. The summed E-state index contributed by atoms with van der Waals surface area (Å²) in [5.41, 5.74) is -0.288. The number of aromatic nitrogens is 3. The minimum atomic E-state index is -1.39. The van der Waals surface area contributed by atoms with Crippen LogP contribution in [0.5, 0.6) is 0 Å². The summed E-state index contributed by atoms with van der Waals surface area (Å²) in [7, 11) is 0. The summed E-state index contributed by atoms with van der Waals surface area (Å²) in [6, 6.07) is -2.22. The molecule has 0 bridgehead atoms. The second-order valence-electron chi connectivity index (χ2n) is 13.2. The van der Waals surface area contributed by atoms with Crippen LogP contribution < -0.4 is 10.6 Å². The molecule has 3 amide bonds. The van der Waals surface area contributed by atoms with E-state index in [1.807, 2.05) is 12.2 Å². The zero-order valence-electron chi connectivity index (χ0n) is 26.2. The number of hydrogen-bond donors (Lipinski definition) is 3. The molecule has 12 nitrogen and oxygen atoms in total. The number of amides is 3. The highest BCUT2D eigenvalue weighted by atomic mass is 16.6. The summed E-state index contributed by atoms with van der Waals surface area (Å²) in [5, 5.41) is 25.2. The van der Waals surface area contributed by atoms with Crippen molar-refractivity contribution in [2.75, 3.05) is 6.54 Å². The van der Waals surface area contributed by atoms with Crippen LogP contribution in [0, 0.1) is 5.92 Å². The van der Waals surface area contributed by atoms with Crippen molar-refractivity contribution in [3.8, 4) is 0 Å². The van der Waals surface area contributed by atoms with E-state index in [2.05, 4.69) is 24.5 Å². The molecule has 1 saturated carbocycles. The smallest absolute Gasteiger partial charge is 0.408 e. The fourth-order valence-corrected chi connectivity index (χ4v) is 6.11. The lowest BCUT2D eigenvalue weighted by molar-refractivity contribution is -0.145. The summed E-state index contributed by atoms with van der Waals surface area (Å²) >= 11 is 0. The summed E-state index contributed by atoms with van der Waals surface area (Å²) in [4.78, 5) is 56.2. The topological polar surface area (TPSA) is 156 Å². The van der Waals surface area contributed by atoms with Gasteiger partial charge in [0.2, 0.25) is 11.8 Å². The van der Waals surface area contributed by atoms with Crippen LogP contribution in [0.2, 0.25) is 0 Å². The Balaban J connectivity index is 1.66. The predicted molar refractivity (Wildman–Crippen MR) is 159 cm³/mol. The number of nitrogens with zero attached hydrogens (tertiary/aromatic N) is 4. The van der Waals surface area contributed by atoms with Crippen molar-refractivity contribution in [2.24, 2.45) is 5.92 Å². The average Bonchev–Trinajstić information content (AvgIpc) is 3.24. The third kappa shape index (κ3) is 7.75. The molecule has 2 aliphatic heterocycles. The molecule has 0 spiro atoms. The Morgan fingerprint density at radius 3 is 2.40 bits per heavy atom. The van der Waals surface area contributed by atoms with E-state index >= 15 is 0 Å². The van der Waals surface area contributed by atoms with Gasteiger partial charge in [-0.05, 0) is 59.3 Å². The highest BCUT2D eigenvalue weighted by Gasteiger charge is 2.61. The Hall–Kier alpha value is -3.44. The molecule has 1 aliphatic carbocycles. The quantitative estimate of drug-likeness (QED) is 0.400. The van der Waals surface area contributed by atoms with Gasteiger partial charge < -0.3 is 25.4 Å². The standard InChI is InChI=1S/C31H48N6O6/c1-6-13-22-23(14-7-2)35-37(34-22)21-17-25-26(38)33-31(28(40)41)18-20(31)15-11-9-8-10-12-16-24(27(39)36(25)19-21)32-29(42)43-30(3,4)5/h11,15,20-21,24-25H,6-10,12-14,16-19H2,1-5H3,(H,32,42)(H,33,38)(H,40,41)/b15-11-/t20-,21+,24+,25+,31+/m1/s1. The van der Waals surface area contributed by atoms with Crippen molar-refractivity contribution < 1.29 is 29.0 Å². The van der Waals surface area contributed by atoms with Gasteiger partial charge in [0.1, 0.15) is 23.2 Å². The number of aryl methyl sites for hydroxylation is 2. The number of hydrogen-bond acceptors (Lipinski definition) is 7. The average molecular weight is 601 g/mol. The van der Waals surface area contributed by atoms with E-state index < -0.39 is 47.1 Å². The Labute approximate surface area is 254 Å². The molecular formula is C31H48N6O6. The molecular weight excluding hydrogens is 552 g/mol. The molecule has 3 aliphatic rings. The molecule has 0 aromatic carbocycles. The van der Waals surface area contributed by atoms with Crippen molar-refractivity contribution in [1.82, 2.24) is 30.5 Å². The molecule has 0 unspecified atom stereocenters. The van der Waals surface area contributed by atoms with Crippen molar-refractivity contribution in [1.29, 1.82) is 0 Å². The molecule has 43 heavy (non-hydrogen) atoms. The number of alkyl carbamates (subject to hydrolysis) is 1. The SMILES string of the molecule is CCCc1nn([C@H]2C[C@H]3C(=O)N[C@@]4(C(=O)O)C[C@H]4/C=C\CCCCC[C@H](NC(=O)OC(C)(C)C)C(=O)N3C2)nc1CCC. The lowest BCUT2D eigenvalue weighted by Crippen LogP contribution is -2.56. The van der Waals surface area contributed by atoms with Crippen LogP contribution in [0.15, 0.2) is 12.2 Å². The molecule has 3 heterocycles. The van der Waals surface area contributed by atoms with Gasteiger partial charge in [-0.2, -0.15) is 15.0 Å². The number of aliphatic carboxylic acids is 1. The number of carbonyl (C=O) groups excluding carboxylic acids is 3. The molecule has 12 heteroatoms. The van der Waals surface area contributed by atoms with E-state index in [9.17, 15) is 24.3 Å². The summed E-state index contributed by atoms with van der Waals surface area (Å²) in [5.74, 6) is -2.30. The van der Waals surface area contributed by atoms with E-state index in [1.54, 1.807) is 25.6 Å². The highest BCUT2D eigenvalue weighted by molar-refractivity contribution is 5.96. The Morgan fingerprint density at radius 1 is 1.12 bits per heavy atom. The fraction of sp³-hybridized carbons (Fsp3) is 0.742. The lowest BCUT2D eigenvalue weighted by Gasteiger charge is -2.30. The first-order valence-electron chi connectivity index (χ1n) is 15.8. The molecule has 238 valence electrons. The molecule has 4 rings (SSSR count). The first kappa shape index (κ1) is 32.5. The second kappa shape index (κ2) is 13.5. The molecule has 5 atom stereocenters. The van der Waals surface area contributed by atoms with E-state index in [0.717, 1.165) is 56.3 Å². The fourth-order valence-electron chi connectivity index (χ4n) is 6.11. The van der Waals surface area contributed by atoms with Gasteiger partial charge in [0.05, 0.1) is 17.4 Å². The first-order valence-corrected chi connectivity index (χ1v) is 15.8.